The lowest BCUT2D eigenvalue weighted by molar-refractivity contribution is 0.0169. The van der Waals surface area contributed by atoms with Crippen LogP contribution in [0.1, 0.15) is 47.0 Å². The molecule has 1 amide bonds. The molecule has 0 saturated carbocycles. The predicted molar refractivity (Wildman–Crippen MR) is 87.7 cm³/mol. The van der Waals surface area contributed by atoms with Crippen molar-refractivity contribution >= 4 is 17.7 Å². The minimum atomic E-state index is -0.491. The molecule has 23 heavy (non-hydrogen) atoms. The fourth-order valence-corrected chi connectivity index (χ4v) is 2.73. The van der Waals surface area contributed by atoms with Crippen LogP contribution in [0.15, 0.2) is 12.4 Å². The fraction of sp³-hybridized carbons (Fsp3) is 0.688. The molecule has 0 bridgehead atoms. The molecule has 1 saturated heterocycles. The van der Waals surface area contributed by atoms with Gasteiger partial charge in [-0.1, -0.05) is 11.6 Å². The second-order valence-electron chi connectivity index (χ2n) is 6.82. The Morgan fingerprint density at radius 2 is 2.13 bits per heavy atom. The van der Waals surface area contributed by atoms with Crippen molar-refractivity contribution in [2.24, 2.45) is 0 Å². The van der Waals surface area contributed by atoms with Crippen LogP contribution in [0, 0.1) is 0 Å². The van der Waals surface area contributed by atoms with Crippen LogP contribution in [-0.4, -0.2) is 45.3 Å². The first-order valence-electron chi connectivity index (χ1n) is 7.88. The van der Waals surface area contributed by atoms with E-state index in [9.17, 15) is 4.79 Å². The van der Waals surface area contributed by atoms with Gasteiger partial charge in [-0.05, 0) is 40.5 Å². The van der Waals surface area contributed by atoms with Crippen LogP contribution >= 0.6 is 11.6 Å². The third-order valence-corrected chi connectivity index (χ3v) is 3.74. The van der Waals surface area contributed by atoms with Crippen LogP contribution in [0.3, 0.4) is 0 Å². The zero-order valence-electron chi connectivity index (χ0n) is 14.1. The van der Waals surface area contributed by atoms with Crippen LogP contribution in [0.4, 0.5) is 4.79 Å². The second kappa shape index (κ2) is 7.34. The number of nitrogens with zero attached hydrogens (tertiary/aromatic N) is 3. The first-order chi connectivity index (χ1) is 10.7. The highest BCUT2D eigenvalue weighted by atomic mass is 35.5. The van der Waals surface area contributed by atoms with E-state index in [0.29, 0.717) is 24.0 Å². The summed E-state index contributed by atoms with van der Waals surface area (Å²) >= 11 is 5.83. The van der Waals surface area contributed by atoms with E-state index in [2.05, 4.69) is 9.97 Å². The molecule has 7 heteroatoms. The quantitative estimate of drug-likeness (QED) is 0.820. The number of carbonyl (C=O) groups is 1. The zero-order valence-corrected chi connectivity index (χ0v) is 14.8. The summed E-state index contributed by atoms with van der Waals surface area (Å²) in [6.07, 6.45) is 5.13. The third kappa shape index (κ3) is 5.53. The van der Waals surface area contributed by atoms with Crippen LogP contribution < -0.4 is 4.74 Å². The summed E-state index contributed by atoms with van der Waals surface area (Å²) in [4.78, 5) is 22.2. The highest BCUT2D eigenvalue weighted by molar-refractivity contribution is 6.29. The lowest BCUT2D eigenvalue weighted by Crippen LogP contribution is -2.42. The fourth-order valence-electron chi connectivity index (χ4n) is 2.59. The molecular weight excluding hydrogens is 318 g/mol. The molecule has 0 aromatic carbocycles. The molecule has 2 rings (SSSR count). The van der Waals surface area contributed by atoms with Crippen molar-refractivity contribution in [1.29, 1.82) is 0 Å². The van der Waals surface area contributed by atoms with E-state index in [1.807, 2.05) is 27.7 Å². The number of halogens is 1. The van der Waals surface area contributed by atoms with E-state index in [0.717, 1.165) is 12.8 Å². The Labute approximate surface area is 142 Å². The van der Waals surface area contributed by atoms with Crippen molar-refractivity contribution in [3.05, 3.63) is 17.5 Å². The largest absolute Gasteiger partial charge is 0.473 e. The highest BCUT2D eigenvalue weighted by Gasteiger charge is 2.30. The number of hydrogen-bond acceptors (Lipinski definition) is 5. The van der Waals surface area contributed by atoms with Crippen LogP contribution in [-0.2, 0) is 4.74 Å². The van der Waals surface area contributed by atoms with E-state index in [1.165, 1.54) is 6.20 Å². The Hall–Kier alpha value is -1.56. The predicted octanol–water partition coefficient (Wildman–Crippen LogP) is 3.69. The third-order valence-electron chi connectivity index (χ3n) is 3.56. The smallest absolute Gasteiger partial charge is 0.410 e. The maximum atomic E-state index is 12.3. The van der Waals surface area contributed by atoms with Gasteiger partial charge in [-0.15, -0.1) is 0 Å². The highest BCUT2D eigenvalue weighted by Crippen LogP contribution is 2.23. The standard InChI is InChI=1S/C16H24ClN3O3/c1-11-8-12(22-14-10-18-9-13(17)19-14)6-5-7-20(11)15(21)23-16(2,3)4/h9-12H,5-8H2,1-4H3/t11-,12?/m1/s1. The summed E-state index contributed by atoms with van der Waals surface area (Å²) in [6, 6.07) is 0.0319. The van der Waals surface area contributed by atoms with Crippen LogP contribution in [0.5, 0.6) is 5.88 Å². The molecule has 0 radical (unpaired) electrons. The van der Waals surface area contributed by atoms with Gasteiger partial charge in [-0.25, -0.2) is 4.79 Å². The molecule has 2 atom stereocenters. The van der Waals surface area contributed by atoms with Gasteiger partial charge in [0.2, 0.25) is 5.88 Å². The molecule has 1 unspecified atom stereocenters. The van der Waals surface area contributed by atoms with E-state index < -0.39 is 5.60 Å². The molecule has 2 heterocycles. The van der Waals surface area contributed by atoms with E-state index in [4.69, 9.17) is 21.1 Å². The van der Waals surface area contributed by atoms with Crippen molar-refractivity contribution < 1.29 is 14.3 Å². The minimum absolute atomic E-state index is 0.0230. The topological polar surface area (TPSA) is 64.6 Å². The maximum absolute atomic E-state index is 12.3. The van der Waals surface area contributed by atoms with Crippen LogP contribution in [0.2, 0.25) is 5.15 Å². The van der Waals surface area contributed by atoms with Crippen molar-refractivity contribution in [2.75, 3.05) is 6.54 Å². The van der Waals surface area contributed by atoms with E-state index in [-0.39, 0.29) is 18.2 Å². The average molecular weight is 342 g/mol. The molecule has 6 nitrogen and oxygen atoms in total. The van der Waals surface area contributed by atoms with Crippen LogP contribution in [0.25, 0.3) is 0 Å². The minimum Gasteiger partial charge on any atom is -0.473 e. The normalized spacial score (nSPS) is 22.4. The van der Waals surface area contributed by atoms with Gasteiger partial charge in [0.05, 0.1) is 12.4 Å². The SMILES string of the molecule is C[C@@H]1CC(Oc2cncc(Cl)n2)CCCN1C(=O)OC(C)(C)C. The number of aromatic nitrogens is 2. The Balaban J connectivity index is 1.97. The number of hydrogen-bond donors (Lipinski definition) is 0. The summed E-state index contributed by atoms with van der Waals surface area (Å²) < 4.78 is 11.4. The molecule has 0 spiro atoms. The molecule has 1 aliphatic heterocycles. The first-order valence-corrected chi connectivity index (χ1v) is 8.26. The number of rotatable bonds is 2. The maximum Gasteiger partial charge on any atom is 0.410 e. The van der Waals surface area contributed by atoms with E-state index >= 15 is 0 Å². The second-order valence-corrected chi connectivity index (χ2v) is 7.21. The molecule has 128 valence electrons. The molecule has 1 aromatic rings. The monoisotopic (exact) mass is 341 g/mol. The van der Waals surface area contributed by atoms with Crippen molar-refractivity contribution in [3.8, 4) is 5.88 Å². The summed E-state index contributed by atoms with van der Waals surface area (Å²) in [7, 11) is 0. The molecule has 1 aliphatic rings. The Morgan fingerprint density at radius 3 is 2.78 bits per heavy atom. The number of carbonyl (C=O) groups excluding carboxylic acids is 1. The first kappa shape index (κ1) is 17.8. The van der Waals surface area contributed by atoms with Gasteiger partial charge < -0.3 is 14.4 Å². The van der Waals surface area contributed by atoms with Gasteiger partial charge in [0.1, 0.15) is 11.7 Å². The lowest BCUT2D eigenvalue weighted by atomic mass is 10.1. The molecular formula is C16H24ClN3O3. The van der Waals surface area contributed by atoms with Gasteiger partial charge in [0, 0.05) is 19.0 Å². The zero-order chi connectivity index (χ0) is 17.0. The Kier molecular flexibility index (Phi) is 5.68. The number of likely N-dealkylation sites (tertiary alicyclic amines) is 1. The van der Waals surface area contributed by atoms with Gasteiger partial charge >= 0.3 is 6.09 Å². The average Bonchev–Trinajstić information content (AvgIpc) is 2.58. The van der Waals surface area contributed by atoms with Crippen molar-refractivity contribution in [3.63, 3.8) is 0 Å². The summed E-state index contributed by atoms with van der Waals surface area (Å²) in [5.41, 5.74) is -0.491. The summed E-state index contributed by atoms with van der Waals surface area (Å²) in [5, 5.41) is 0.305. The van der Waals surface area contributed by atoms with Gasteiger partial charge in [0.25, 0.3) is 0 Å². The molecule has 0 aliphatic carbocycles. The van der Waals surface area contributed by atoms with Crippen molar-refractivity contribution in [1.82, 2.24) is 14.9 Å². The summed E-state index contributed by atoms with van der Waals surface area (Å²) in [6.45, 7) is 8.29. The van der Waals surface area contributed by atoms with Gasteiger partial charge in [0.15, 0.2) is 5.15 Å². The van der Waals surface area contributed by atoms with Gasteiger partial charge in [-0.2, -0.15) is 4.98 Å². The number of ether oxygens (including phenoxy) is 2. The molecule has 1 aromatic heterocycles. The van der Waals surface area contributed by atoms with E-state index in [1.54, 1.807) is 11.1 Å². The lowest BCUT2D eigenvalue weighted by Gasteiger charge is -2.30. The number of amides is 1. The Morgan fingerprint density at radius 1 is 1.39 bits per heavy atom. The molecule has 1 fully saturated rings. The van der Waals surface area contributed by atoms with Gasteiger partial charge in [-0.3, -0.25) is 4.98 Å². The Bertz CT molecular complexity index is 548. The van der Waals surface area contributed by atoms with Crippen molar-refractivity contribution in [2.45, 2.75) is 64.7 Å². The summed E-state index contributed by atoms with van der Waals surface area (Å²) in [5.74, 6) is 0.417. The molecule has 0 N–H and O–H groups in total.